The number of piperazine rings is 1. The van der Waals surface area contributed by atoms with Crippen molar-refractivity contribution < 1.29 is 32.5 Å². The molecular weight excluding hydrogens is 541 g/mol. The number of ether oxygens (including phenoxy) is 2. The van der Waals surface area contributed by atoms with Crippen molar-refractivity contribution in [3.05, 3.63) is 71.2 Å². The summed E-state index contributed by atoms with van der Waals surface area (Å²) in [6, 6.07) is 9.74. The molecule has 1 unspecified atom stereocenters. The summed E-state index contributed by atoms with van der Waals surface area (Å²) < 4.78 is 53.7. The molecule has 4 heterocycles. The van der Waals surface area contributed by atoms with Crippen LogP contribution in [0.4, 0.5) is 13.2 Å². The van der Waals surface area contributed by atoms with Crippen LogP contribution in [-0.4, -0.2) is 87.4 Å². The average molecular weight is 571 g/mol. The second kappa shape index (κ2) is 11.3. The van der Waals surface area contributed by atoms with Gasteiger partial charge in [-0.15, -0.1) is 0 Å². The monoisotopic (exact) mass is 570 g/mol. The van der Waals surface area contributed by atoms with E-state index in [-0.39, 0.29) is 35.1 Å². The third-order valence-corrected chi connectivity index (χ3v) is 7.31. The first-order chi connectivity index (χ1) is 19.7. The maximum atomic E-state index is 14.3. The van der Waals surface area contributed by atoms with E-state index in [1.165, 1.54) is 21.1 Å². The lowest BCUT2D eigenvalue weighted by molar-refractivity contribution is -0.143. The molecule has 10 nitrogen and oxygen atoms in total. The predicted octanol–water partition coefficient (Wildman–Crippen LogP) is 3.63. The summed E-state index contributed by atoms with van der Waals surface area (Å²) in [6.45, 7) is 2.69. The van der Waals surface area contributed by atoms with Gasteiger partial charge in [-0.25, -0.2) is 14.5 Å². The first-order valence-electron chi connectivity index (χ1n) is 12.9. The third kappa shape index (κ3) is 5.42. The number of pyridine rings is 1. The number of fused-ring (bicyclic) bond motifs is 1. The normalized spacial score (nSPS) is 15.2. The van der Waals surface area contributed by atoms with Crippen LogP contribution in [0.25, 0.3) is 16.9 Å². The van der Waals surface area contributed by atoms with Crippen LogP contribution in [0.3, 0.4) is 0 Å². The fourth-order valence-corrected chi connectivity index (χ4v) is 5.14. The molecule has 4 aromatic rings. The van der Waals surface area contributed by atoms with Gasteiger partial charge in [0.05, 0.1) is 38.8 Å². The number of hydrogen-bond donors (Lipinski definition) is 1. The quantitative estimate of drug-likeness (QED) is 0.359. The van der Waals surface area contributed by atoms with Crippen LogP contribution in [0.2, 0.25) is 0 Å². The van der Waals surface area contributed by atoms with Crippen molar-refractivity contribution in [2.45, 2.75) is 19.1 Å². The number of methoxy groups -OCH3 is 2. The van der Waals surface area contributed by atoms with Gasteiger partial charge in [-0.2, -0.15) is 18.3 Å². The van der Waals surface area contributed by atoms with Gasteiger partial charge in [-0.05, 0) is 36.8 Å². The van der Waals surface area contributed by atoms with E-state index in [1.54, 1.807) is 41.4 Å². The highest BCUT2D eigenvalue weighted by Crippen LogP contribution is 2.37. The zero-order valence-electron chi connectivity index (χ0n) is 22.7. The van der Waals surface area contributed by atoms with E-state index >= 15 is 0 Å². The average Bonchev–Trinajstić information content (AvgIpc) is 3.40. The predicted molar refractivity (Wildman–Crippen MR) is 143 cm³/mol. The van der Waals surface area contributed by atoms with Gasteiger partial charge in [0.1, 0.15) is 11.3 Å². The number of aliphatic hydroxyl groups is 1. The Balaban J connectivity index is 1.43. The van der Waals surface area contributed by atoms with Gasteiger partial charge in [0.2, 0.25) is 5.88 Å². The molecule has 1 fully saturated rings. The van der Waals surface area contributed by atoms with E-state index in [2.05, 4.69) is 15.1 Å². The molecule has 1 amide bonds. The molecule has 0 bridgehead atoms. The molecule has 1 aromatic carbocycles. The largest absolute Gasteiger partial charge is 0.497 e. The minimum Gasteiger partial charge on any atom is -0.497 e. The van der Waals surface area contributed by atoms with E-state index in [0.717, 1.165) is 11.8 Å². The van der Waals surface area contributed by atoms with Gasteiger partial charge in [-0.3, -0.25) is 9.69 Å². The van der Waals surface area contributed by atoms with Crippen LogP contribution in [-0.2, 0) is 6.18 Å². The Morgan fingerprint density at radius 3 is 2.29 bits per heavy atom. The SMILES string of the molecule is COc1ccc(-c2nc3c(C(=O)N4CCN(C(CO)c5ccc(OC)nc5)CC4)cnn3c(C(F)(F)F)c2C)cc1. The number of benzene rings is 1. The summed E-state index contributed by atoms with van der Waals surface area (Å²) in [5.41, 5.74) is 0.0832. The molecule has 1 atom stereocenters. The second-order valence-electron chi connectivity index (χ2n) is 9.61. The number of carbonyl (C=O) groups is 1. The summed E-state index contributed by atoms with van der Waals surface area (Å²) in [7, 11) is 3.02. The number of rotatable bonds is 7. The van der Waals surface area contributed by atoms with Crippen LogP contribution in [0.1, 0.15) is 33.2 Å². The minimum atomic E-state index is -4.74. The lowest BCUT2D eigenvalue weighted by Gasteiger charge is -2.38. The lowest BCUT2D eigenvalue weighted by Crippen LogP contribution is -2.50. The van der Waals surface area contributed by atoms with Gasteiger partial charge in [-0.1, -0.05) is 6.07 Å². The number of aliphatic hydroxyl groups excluding tert-OH is 1. The molecule has 216 valence electrons. The molecule has 1 aliphatic rings. The van der Waals surface area contributed by atoms with Crippen LogP contribution in [0.5, 0.6) is 11.6 Å². The minimum absolute atomic E-state index is 0.0169. The molecule has 41 heavy (non-hydrogen) atoms. The number of hydrogen-bond acceptors (Lipinski definition) is 8. The van der Waals surface area contributed by atoms with Crippen molar-refractivity contribution in [3.8, 4) is 22.9 Å². The topological polar surface area (TPSA) is 105 Å². The van der Waals surface area contributed by atoms with Crippen LogP contribution >= 0.6 is 0 Å². The van der Waals surface area contributed by atoms with E-state index in [9.17, 15) is 23.1 Å². The van der Waals surface area contributed by atoms with Crippen molar-refractivity contribution in [1.29, 1.82) is 0 Å². The summed E-state index contributed by atoms with van der Waals surface area (Å²) in [4.78, 5) is 25.9. The first kappa shape index (κ1) is 28.3. The van der Waals surface area contributed by atoms with E-state index < -0.39 is 17.8 Å². The molecule has 0 saturated carbocycles. The summed E-state index contributed by atoms with van der Waals surface area (Å²) >= 11 is 0. The Morgan fingerprint density at radius 2 is 1.73 bits per heavy atom. The number of halogens is 3. The van der Waals surface area contributed by atoms with Crippen LogP contribution in [0.15, 0.2) is 48.8 Å². The molecular formula is C28H29F3N6O4. The number of carbonyl (C=O) groups excluding carboxylic acids is 1. The standard InChI is InChI=1S/C28H29F3N6O4/c1-17-24(18-4-7-20(40-2)8-5-18)34-26-21(15-33-37(26)25(17)28(29,30)31)27(39)36-12-10-35(11-13-36)22(16-38)19-6-9-23(41-3)32-14-19/h4-9,14-15,22,38H,10-13,16H2,1-3H3. The van der Waals surface area contributed by atoms with Crippen molar-refractivity contribution in [2.24, 2.45) is 0 Å². The second-order valence-corrected chi connectivity index (χ2v) is 9.61. The zero-order valence-corrected chi connectivity index (χ0v) is 22.7. The molecule has 1 N–H and O–H groups in total. The maximum Gasteiger partial charge on any atom is 0.433 e. The molecule has 0 radical (unpaired) electrons. The summed E-state index contributed by atoms with van der Waals surface area (Å²) in [6.07, 6.45) is -1.95. The van der Waals surface area contributed by atoms with E-state index in [1.807, 2.05) is 11.0 Å². The molecule has 5 rings (SSSR count). The Bertz CT molecular complexity index is 1530. The van der Waals surface area contributed by atoms with Crippen LogP contribution < -0.4 is 9.47 Å². The van der Waals surface area contributed by atoms with Gasteiger partial charge in [0, 0.05) is 49.6 Å². The van der Waals surface area contributed by atoms with Crippen molar-refractivity contribution >= 4 is 11.6 Å². The van der Waals surface area contributed by atoms with Gasteiger partial charge < -0.3 is 19.5 Å². The Kier molecular flexibility index (Phi) is 7.82. The Hall–Kier alpha value is -4.23. The highest BCUT2D eigenvalue weighted by molar-refractivity contribution is 6.00. The summed E-state index contributed by atoms with van der Waals surface area (Å²) in [5, 5.41) is 14.0. The van der Waals surface area contributed by atoms with Gasteiger partial charge >= 0.3 is 6.18 Å². The van der Waals surface area contributed by atoms with E-state index in [0.29, 0.717) is 47.9 Å². The van der Waals surface area contributed by atoms with Crippen molar-refractivity contribution in [2.75, 3.05) is 47.0 Å². The number of nitrogens with zero attached hydrogens (tertiary/aromatic N) is 6. The number of aromatic nitrogens is 4. The highest BCUT2D eigenvalue weighted by atomic mass is 19.4. The first-order valence-corrected chi connectivity index (χ1v) is 12.9. The molecule has 1 saturated heterocycles. The molecule has 3 aromatic heterocycles. The molecule has 1 aliphatic heterocycles. The lowest BCUT2D eigenvalue weighted by atomic mass is 10.0. The fraction of sp³-hybridized carbons (Fsp3) is 0.357. The van der Waals surface area contributed by atoms with Crippen LogP contribution in [0, 0.1) is 6.92 Å². The smallest absolute Gasteiger partial charge is 0.433 e. The van der Waals surface area contributed by atoms with Crippen molar-refractivity contribution in [1.82, 2.24) is 29.4 Å². The molecule has 0 spiro atoms. The third-order valence-electron chi connectivity index (χ3n) is 7.31. The summed E-state index contributed by atoms with van der Waals surface area (Å²) in [5.74, 6) is 0.549. The van der Waals surface area contributed by atoms with Crippen molar-refractivity contribution in [3.63, 3.8) is 0 Å². The highest BCUT2D eigenvalue weighted by Gasteiger charge is 2.39. The maximum absolute atomic E-state index is 14.3. The number of amides is 1. The molecule has 0 aliphatic carbocycles. The van der Waals surface area contributed by atoms with Gasteiger partial charge in [0.15, 0.2) is 11.3 Å². The van der Waals surface area contributed by atoms with Gasteiger partial charge in [0.25, 0.3) is 5.91 Å². The zero-order chi connectivity index (χ0) is 29.3. The Labute approximate surface area is 233 Å². The van der Waals surface area contributed by atoms with E-state index in [4.69, 9.17) is 9.47 Å². The number of alkyl halides is 3. The fourth-order valence-electron chi connectivity index (χ4n) is 5.14. The molecule has 13 heteroatoms. The Morgan fingerprint density at radius 1 is 1.02 bits per heavy atom.